The molecule has 1 heterocycles. The Bertz CT molecular complexity index is 280. The van der Waals surface area contributed by atoms with Crippen LogP contribution in [0.2, 0.25) is 0 Å². The second-order valence-corrected chi connectivity index (χ2v) is 2.37. The first kappa shape index (κ1) is 8.73. The molecule has 5 heteroatoms. The lowest BCUT2D eigenvalue weighted by Gasteiger charge is -2.06. The van der Waals surface area contributed by atoms with Crippen LogP contribution in [0.5, 0.6) is 0 Å². The van der Waals surface area contributed by atoms with Crippen LogP contribution in [0.3, 0.4) is 0 Å². The summed E-state index contributed by atoms with van der Waals surface area (Å²) in [6, 6.07) is 0. The molecule has 0 radical (unpaired) electrons. The maximum atomic E-state index is 10.5. The van der Waals surface area contributed by atoms with Gasteiger partial charge in [0.25, 0.3) is 0 Å². The third-order valence-electron chi connectivity index (χ3n) is 1.24. The lowest BCUT2D eigenvalue weighted by Crippen LogP contribution is -2.19. The Morgan fingerprint density at radius 1 is 1.83 bits per heavy atom. The van der Waals surface area contributed by atoms with E-state index < -0.39 is 12.1 Å². The molecule has 1 aromatic heterocycles. The number of carbonyl (C=O) groups is 1. The molecule has 0 amide bonds. The van der Waals surface area contributed by atoms with Crippen molar-refractivity contribution in [2.24, 2.45) is 0 Å². The molecule has 1 atom stereocenters. The van der Waals surface area contributed by atoms with Crippen LogP contribution in [-0.4, -0.2) is 20.8 Å². The van der Waals surface area contributed by atoms with Crippen LogP contribution < -0.4 is 4.84 Å². The lowest BCUT2D eigenvalue weighted by atomic mass is 10.4. The first-order chi connectivity index (χ1) is 5.61. The second-order valence-electron chi connectivity index (χ2n) is 2.37. The molecule has 0 aromatic carbocycles. The van der Waals surface area contributed by atoms with E-state index in [4.69, 9.17) is 9.94 Å². The molecule has 0 saturated carbocycles. The fraction of sp³-hybridized carbons (Fsp3) is 0.429. The van der Waals surface area contributed by atoms with Crippen molar-refractivity contribution in [1.29, 1.82) is 0 Å². The minimum absolute atomic E-state index is 0.310. The first-order valence-corrected chi connectivity index (χ1v) is 3.51. The molecule has 1 N–H and O–H groups in total. The molecule has 1 aromatic rings. The highest BCUT2D eigenvalue weighted by molar-refractivity contribution is 5.66. The number of aliphatic hydroxyl groups is 1. The molecule has 0 aliphatic heterocycles. The summed E-state index contributed by atoms with van der Waals surface area (Å²) in [4.78, 5) is 19.0. The predicted molar refractivity (Wildman–Crippen MR) is 40.1 cm³/mol. The smallest absolute Gasteiger partial charge is 0.329 e. The molecule has 12 heavy (non-hydrogen) atoms. The van der Waals surface area contributed by atoms with Gasteiger partial charge >= 0.3 is 5.97 Å². The van der Waals surface area contributed by atoms with Crippen molar-refractivity contribution in [3.05, 3.63) is 18.2 Å². The largest absolute Gasteiger partial charge is 0.385 e. The van der Waals surface area contributed by atoms with Crippen molar-refractivity contribution in [2.45, 2.75) is 20.0 Å². The molecular formula is C7H10N2O3. The van der Waals surface area contributed by atoms with E-state index in [0.717, 1.165) is 4.73 Å². The summed E-state index contributed by atoms with van der Waals surface area (Å²) < 4.78 is 1.15. The Kier molecular flexibility index (Phi) is 2.44. The minimum atomic E-state index is -0.751. The van der Waals surface area contributed by atoms with Gasteiger partial charge in [-0.25, -0.2) is 9.78 Å². The summed E-state index contributed by atoms with van der Waals surface area (Å²) in [7, 11) is 0. The molecule has 0 aliphatic carbocycles. The van der Waals surface area contributed by atoms with E-state index in [1.54, 1.807) is 6.92 Å². The normalized spacial score (nSPS) is 12.6. The van der Waals surface area contributed by atoms with Gasteiger partial charge in [-0.15, -0.1) is 0 Å². The maximum Gasteiger partial charge on any atom is 0.329 e. The fourth-order valence-electron chi connectivity index (χ4n) is 0.811. The third kappa shape index (κ3) is 1.82. The van der Waals surface area contributed by atoms with Crippen LogP contribution in [0.15, 0.2) is 12.4 Å². The zero-order valence-corrected chi connectivity index (χ0v) is 6.89. The molecular weight excluding hydrogens is 160 g/mol. The van der Waals surface area contributed by atoms with E-state index in [1.807, 2.05) is 0 Å². The van der Waals surface area contributed by atoms with Gasteiger partial charge in [0.2, 0.25) is 0 Å². The van der Waals surface area contributed by atoms with Crippen LogP contribution in [0, 0.1) is 0 Å². The van der Waals surface area contributed by atoms with Gasteiger partial charge in [0.15, 0.2) is 5.82 Å². The lowest BCUT2D eigenvalue weighted by molar-refractivity contribution is -0.142. The summed E-state index contributed by atoms with van der Waals surface area (Å²) in [5.41, 5.74) is 0. The van der Waals surface area contributed by atoms with Crippen molar-refractivity contribution >= 4 is 5.97 Å². The highest BCUT2D eigenvalue weighted by Gasteiger charge is 2.10. The molecule has 66 valence electrons. The Labute approximate surface area is 69.6 Å². The van der Waals surface area contributed by atoms with Crippen molar-refractivity contribution in [2.75, 3.05) is 0 Å². The highest BCUT2D eigenvalue weighted by atomic mass is 16.7. The van der Waals surface area contributed by atoms with Crippen molar-refractivity contribution in [1.82, 2.24) is 9.71 Å². The molecule has 0 aliphatic rings. The third-order valence-corrected chi connectivity index (χ3v) is 1.24. The number of aliphatic hydroxyl groups excluding tert-OH is 1. The van der Waals surface area contributed by atoms with Gasteiger partial charge < -0.3 is 9.94 Å². The Balaban J connectivity index is 2.84. The number of nitrogens with zero attached hydrogens (tertiary/aromatic N) is 2. The average molecular weight is 170 g/mol. The van der Waals surface area contributed by atoms with Gasteiger partial charge in [-0.05, 0) is 6.92 Å². The Hall–Kier alpha value is -1.36. The standard InChI is InChI=1S/C7H10N2O3/c1-5(10)7-8-3-4-9(7)12-6(2)11/h3-5,10H,1-2H3. The number of aromatic nitrogens is 2. The van der Waals surface area contributed by atoms with Crippen LogP contribution >= 0.6 is 0 Å². The highest BCUT2D eigenvalue weighted by Crippen LogP contribution is 2.06. The fourth-order valence-corrected chi connectivity index (χ4v) is 0.811. The summed E-state index contributed by atoms with van der Waals surface area (Å²) >= 11 is 0. The van der Waals surface area contributed by atoms with Gasteiger partial charge in [0, 0.05) is 13.1 Å². The quantitative estimate of drug-likeness (QED) is 0.673. The molecule has 5 nitrogen and oxygen atoms in total. The van der Waals surface area contributed by atoms with Crippen molar-refractivity contribution in [3.63, 3.8) is 0 Å². The van der Waals surface area contributed by atoms with Gasteiger partial charge in [0.1, 0.15) is 6.10 Å². The van der Waals surface area contributed by atoms with Gasteiger partial charge in [-0.2, -0.15) is 4.73 Å². The van der Waals surface area contributed by atoms with Crippen LogP contribution in [0.4, 0.5) is 0 Å². The topological polar surface area (TPSA) is 64.4 Å². The minimum Gasteiger partial charge on any atom is -0.385 e. The van der Waals surface area contributed by atoms with Crippen molar-refractivity contribution in [3.8, 4) is 0 Å². The Morgan fingerprint density at radius 3 is 3.00 bits per heavy atom. The van der Waals surface area contributed by atoms with E-state index in [2.05, 4.69) is 4.98 Å². The monoisotopic (exact) mass is 170 g/mol. The zero-order valence-electron chi connectivity index (χ0n) is 6.89. The van der Waals surface area contributed by atoms with E-state index in [-0.39, 0.29) is 0 Å². The molecule has 1 rings (SSSR count). The van der Waals surface area contributed by atoms with E-state index in [0.29, 0.717) is 5.82 Å². The number of imidazole rings is 1. The van der Waals surface area contributed by atoms with Gasteiger partial charge in [-0.1, -0.05) is 0 Å². The summed E-state index contributed by atoms with van der Waals surface area (Å²) in [5.74, 6) is -0.139. The number of hydrogen-bond acceptors (Lipinski definition) is 4. The van der Waals surface area contributed by atoms with Crippen LogP contribution in [0.1, 0.15) is 25.8 Å². The van der Waals surface area contributed by atoms with E-state index in [9.17, 15) is 4.79 Å². The number of carbonyl (C=O) groups excluding carboxylic acids is 1. The molecule has 0 spiro atoms. The first-order valence-electron chi connectivity index (χ1n) is 3.51. The summed E-state index contributed by atoms with van der Waals surface area (Å²) in [6.07, 6.45) is 2.16. The molecule has 0 bridgehead atoms. The maximum absolute atomic E-state index is 10.5. The molecule has 0 saturated heterocycles. The summed E-state index contributed by atoms with van der Waals surface area (Å²) in [5, 5.41) is 9.13. The zero-order chi connectivity index (χ0) is 9.14. The van der Waals surface area contributed by atoms with Gasteiger partial charge in [-0.3, -0.25) is 0 Å². The Morgan fingerprint density at radius 2 is 2.50 bits per heavy atom. The number of hydrogen-bond donors (Lipinski definition) is 1. The average Bonchev–Trinajstić information content (AvgIpc) is 2.33. The number of rotatable bonds is 2. The molecule has 0 fully saturated rings. The molecule has 1 unspecified atom stereocenters. The van der Waals surface area contributed by atoms with E-state index in [1.165, 1.54) is 19.3 Å². The van der Waals surface area contributed by atoms with Crippen LogP contribution in [-0.2, 0) is 4.79 Å². The van der Waals surface area contributed by atoms with Crippen LogP contribution in [0.25, 0.3) is 0 Å². The van der Waals surface area contributed by atoms with Gasteiger partial charge in [0.05, 0.1) is 6.20 Å². The van der Waals surface area contributed by atoms with E-state index >= 15 is 0 Å². The SMILES string of the molecule is CC(=O)On1ccnc1C(C)O. The second kappa shape index (κ2) is 3.36. The van der Waals surface area contributed by atoms with Crippen molar-refractivity contribution < 1.29 is 14.7 Å². The predicted octanol–water partition coefficient (Wildman–Crippen LogP) is -0.0885. The summed E-state index contributed by atoms with van der Waals surface area (Å²) in [6.45, 7) is 2.83.